The van der Waals surface area contributed by atoms with E-state index in [-0.39, 0.29) is 11.0 Å². The van der Waals surface area contributed by atoms with Crippen molar-refractivity contribution >= 4 is 39.7 Å². The second-order valence-electron chi connectivity index (χ2n) is 5.03. The van der Waals surface area contributed by atoms with Gasteiger partial charge in [0.2, 0.25) is 5.13 Å². The quantitative estimate of drug-likeness (QED) is 0.756. The van der Waals surface area contributed by atoms with Crippen LogP contribution in [0.25, 0.3) is 0 Å². The van der Waals surface area contributed by atoms with Crippen LogP contribution in [0.4, 0.5) is 10.8 Å². The molecule has 0 spiro atoms. The second kappa shape index (κ2) is 7.74. The molecule has 1 atom stereocenters. The molecule has 22 heavy (non-hydrogen) atoms. The number of anilines is 2. The van der Waals surface area contributed by atoms with Crippen molar-refractivity contribution in [3.8, 4) is 0 Å². The number of nitrogens with one attached hydrogen (secondary N) is 1. The van der Waals surface area contributed by atoms with Crippen LogP contribution in [-0.2, 0) is 17.6 Å². The summed E-state index contributed by atoms with van der Waals surface area (Å²) in [6.45, 7) is 7.79. The first-order valence-electron chi connectivity index (χ1n) is 7.43. The molecule has 0 saturated carbocycles. The Morgan fingerprint density at radius 2 is 1.91 bits per heavy atom. The van der Waals surface area contributed by atoms with Crippen LogP contribution in [0, 0.1) is 0 Å². The van der Waals surface area contributed by atoms with Crippen LogP contribution in [0.5, 0.6) is 0 Å². The summed E-state index contributed by atoms with van der Waals surface area (Å²) in [5.74, 6) is 0.152. The number of hydrogen-bond donors (Lipinski definition) is 1. The van der Waals surface area contributed by atoms with E-state index in [9.17, 15) is 4.79 Å². The van der Waals surface area contributed by atoms with Crippen molar-refractivity contribution in [2.75, 3.05) is 5.32 Å². The van der Waals surface area contributed by atoms with Crippen LogP contribution in [0.1, 0.15) is 38.8 Å². The van der Waals surface area contributed by atoms with Gasteiger partial charge in [-0.3, -0.25) is 4.79 Å². The number of carbonyl (C=O) groups excluding carboxylic acids is 1. The SMILES string of the molecule is CCc1cccc(CC)c1Nc1nnc(SC(C)C(C)=O)s1. The predicted molar refractivity (Wildman–Crippen MR) is 94.4 cm³/mol. The molecule has 0 aliphatic heterocycles. The number of nitrogens with zero attached hydrogens (tertiary/aromatic N) is 2. The van der Waals surface area contributed by atoms with E-state index in [1.807, 2.05) is 6.92 Å². The largest absolute Gasteiger partial charge is 0.330 e. The lowest BCUT2D eigenvalue weighted by atomic mass is 10.0. The van der Waals surface area contributed by atoms with Crippen LogP contribution >= 0.6 is 23.1 Å². The zero-order valence-corrected chi connectivity index (χ0v) is 15.0. The number of Topliss-reactive ketones (excluding diaryl/α,β-unsaturated/α-hetero) is 1. The van der Waals surface area contributed by atoms with Crippen LogP contribution in [0.2, 0.25) is 0 Å². The molecule has 0 aliphatic rings. The average Bonchev–Trinajstić information content (AvgIpc) is 2.94. The maximum Gasteiger partial charge on any atom is 0.210 e. The summed E-state index contributed by atoms with van der Waals surface area (Å²) in [6, 6.07) is 6.37. The predicted octanol–water partition coefficient (Wildman–Crippen LogP) is 4.48. The molecule has 0 bridgehead atoms. The molecular weight excluding hydrogens is 314 g/mol. The minimum Gasteiger partial charge on any atom is -0.330 e. The van der Waals surface area contributed by atoms with Crippen molar-refractivity contribution in [3.63, 3.8) is 0 Å². The third-order valence-corrected chi connectivity index (χ3v) is 5.63. The maximum atomic E-state index is 11.3. The summed E-state index contributed by atoms with van der Waals surface area (Å²) in [5.41, 5.74) is 3.70. The number of thioether (sulfide) groups is 1. The zero-order chi connectivity index (χ0) is 16.1. The second-order valence-corrected chi connectivity index (χ2v) is 7.59. The molecule has 4 nitrogen and oxygen atoms in total. The van der Waals surface area contributed by atoms with Crippen molar-refractivity contribution in [3.05, 3.63) is 29.3 Å². The zero-order valence-electron chi connectivity index (χ0n) is 13.3. The number of hydrogen-bond acceptors (Lipinski definition) is 6. The number of aryl methyl sites for hydroxylation is 2. The highest BCUT2D eigenvalue weighted by Crippen LogP contribution is 2.32. The Morgan fingerprint density at radius 3 is 2.45 bits per heavy atom. The van der Waals surface area contributed by atoms with Gasteiger partial charge in [-0.15, -0.1) is 10.2 Å². The molecule has 0 radical (unpaired) electrons. The first-order chi connectivity index (χ1) is 10.5. The molecule has 0 fully saturated rings. The highest BCUT2D eigenvalue weighted by atomic mass is 32.2. The molecular formula is C16H21N3OS2. The fraction of sp³-hybridized carbons (Fsp3) is 0.438. The Labute approximate surface area is 139 Å². The van der Waals surface area contributed by atoms with E-state index in [1.165, 1.54) is 34.2 Å². The molecule has 118 valence electrons. The molecule has 1 aromatic carbocycles. The molecule has 0 aliphatic carbocycles. The Bertz CT molecular complexity index is 632. The van der Waals surface area contributed by atoms with Crippen molar-refractivity contribution in [1.82, 2.24) is 10.2 Å². The first kappa shape index (κ1) is 17.0. The fourth-order valence-electron chi connectivity index (χ4n) is 2.05. The first-order valence-corrected chi connectivity index (χ1v) is 9.13. The Balaban J connectivity index is 2.18. The highest BCUT2D eigenvalue weighted by Gasteiger charge is 2.14. The van der Waals surface area contributed by atoms with Gasteiger partial charge in [-0.05, 0) is 37.8 Å². The Hall–Kier alpha value is -1.40. The van der Waals surface area contributed by atoms with E-state index in [0.29, 0.717) is 0 Å². The number of para-hydroxylation sites is 1. The molecule has 2 rings (SSSR count). The Morgan fingerprint density at radius 1 is 1.27 bits per heavy atom. The standard InChI is InChI=1S/C16H21N3OS2/c1-5-12-8-7-9-13(6-2)14(12)17-15-18-19-16(22-15)21-11(4)10(3)20/h7-9,11H,5-6H2,1-4H3,(H,17,18). The van der Waals surface area contributed by atoms with Crippen LogP contribution in [0.3, 0.4) is 0 Å². The molecule has 1 aromatic heterocycles. The lowest BCUT2D eigenvalue weighted by molar-refractivity contribution is -0.116. The minimum absolute atomic E-state index is 0.0880. The van der Waals surface area contributed by atoms with E-state index < -0.39 is 0 Å². The minimum atomic E-state index is -0.0880. The van der Waals surface area contributed by atoms with Gasteiger partial charge < -0.3 is 5.32 Å². The topological polar surface area (TPSA) is 54.9 Å². The normalized spacial score (nSPS) is 12.2. The lowest BCUT2D eigenvalue weighted by Crippen LogP contribution is -2.07. The van der Waals surface area contributed by atoms with Gasteiger partial charge in [-0.2, -0.15) is 0 Å². The number of rotatable bonds is 7. The van der Waals surface area contributed by atoms with Crippen LogP contribution in [-0.4, -0.2) is 21.2 Å². The molecule has 0 amide bonds. The monoisotopic (exact) mass is 335 g/mol. The van der Waals surface area contributed by atoms with E-state index in [2.05, 4.69) is 47.6 Å². The molecule has 6 heteroatoms. The van der Waals surface area contributed by atoms with Gasteiger partial charge in [-0.1, -0.05) is 55.1 Å². The maximum absolute atomic E-state index is 11.3. The van der Waals surface area contributed by atoms with E-state index >= 15 is 0 Å². The molecule has 0 saturated heterocycles. The summed E-state index contributed by atoms with van der Waals surface area (Å²) in [6.07, 6.45) is 1.94. The number of benzene rings is 1. The van der Waals surface area contributed by atoms with Crippen molar-refractivity contribution in [1.29, 1.82) is 0 Å². The fourth-order valence-corrected chi connectivity index (χ4v) is 3.95. The van der Waals surface area contributed by atoms with Gasteiger partial charge in [-0.25, -0.2) is 0 Å². The van der Waals surface area contributed by atoms with Crippen LogP contribution < -0.4 is 5.32 Å². The average molecular weight is 335 g/mol. The molecule has 1 unspecified atom stereocenters. The molecule has 1 N–H and O–H groups in total. The summed E-state index contributed by atoms with van der Waals surface area (Å²) >= 11 is 2.95. The van der Waals surface area contributed by atoms with E-state index in [1.54, 1.807) is 6.92 Å². The van der Waals surface area contributed by atoms with Gasteiger partial charge >= 0.3 is 0 Å². The van der Waals surface area contributed by atoms with Gasteiger partial charge in [0.1, 0.15) is 5.78 Å². The summed E-state index contributed by atoms with van der Waals surface area (Å²) in [7, 11) is 0. The van der Waals surface area contributed by atoms with Crippen molar-refractivity contribution < 1.29 is 4.79 Å². The number of ketones is 1. The van der Waals surface area contributed by atoms with Crippen LogP contribution in [0.15, 0.2) is 22.5 Å². The van der Waals surface area contributed by atoms with E-state index in [4.69, 9.17) is 0 Å². The van der Waals surface area contributed by atoms with Gasteiger partial charge in [0.15, 0.2) is 4.34 Å². The third kappa shape index (κ3) is 4.08. The van der Waals surface area contributed by atoms with Crippen molar-refractivity contribution in [2.45, 2.75) is 50.1 Å². The summed E-state index contributed by atoms with van der Waals surface area (Å²) in [5, 5.41) is 12.5. The lowest BCUT2D eigenvalue weighted by Gasteiger charge is -2.13. The molecule has 1 heterocycles. The smallest absolute Gasteiger partial charge is 0.210 e. The van der Waals surface area contributed by atoms with Crippen molar-refractivity contribution in [2.24, 2.45) is 0 Å². The third-order valence-electron chi connectivity index (χ3n) is 3.49. The van der Waals surface area contributed by atoms with Gasteiger partial charge in [0, 0.05) is 5.69 Å². The number of aromatic nitrogens is 2. The Kier molecular flexibility index (Phi) is 5.97. The van der Waals surface area contributed by atoms with E-state index in [0.717, 1.165) is 28.0 Å². The van der Waals surface area contributed by atoms with Gasteiger partial charge in [0.05, 0.1) is 5.25 Å². The summed E-state index contributed by atoms with van der Waals surface area (Å²) in [4.78, 5) is 11.3. The molecule has 2 aromatic rings. The summed E-state index contributed by atoms with van der Waals surface area (Å²) < 4.78 is 0.817. The van der Waals surface area contributed by atoms with Gasteiger partial charge in [0.25, 0.3) is 0 Å². The highest BCUT2D eigenvalue weighted by molar-refractivity contribution is 8.02. The number of carbonyl (C=O) groups is 1.